The van der Waals surface area contributed by atoms with Gasteiger partial charge in [-0.05, 0) is 29.3 Å². The number of nitrogens with one attached hydrogen (secondary N) is 1. The van der Waals surface area contributed by atoms with Crippen LogP contribution in [0.15, 0.2) is 48.7 Å². The van der Waals surface area contributed by atoms with E-state index in [0.29, 0.717) is 12.2 Å². The van der Waals surface area contributed by atoms with Crippen LogP contribution in [0.4, 0.5) is 0 Å². The van der Waals surface area contributed by atoms with Crippen LogP contribution in [0.25, 0.3) is 10.9 Å². The molecule has 0 saturated carbocycles. The lowest BCUT2D eigenvalue weighted by molar-refractivity contribution is 0.0601. The van der Waals surface area contributed by atoms with Gasteiger partial charge in [0, 0.05) is 22.7 Å². The number of carbonyl (C=O) groups excluding carboxylic acids is 1. The first-order valence-electron chi connectivity index (χ1n) is 7.16. The Balaban J connectivity index is 1.84. The SMILES string of the molecule is COC(=O)c1ccc2[nH]cc(C3OCc4ccccc43)c2c1. The zero-order chi connectivity index (χ0) is 15.1. The summed E-state index contributed by atoms with van der Waals surface area (Å²) < 4.78 is 10.8. The van der Waals surface area contributed by atoms with E-state index < -0.39 is 0 Å². The summed E-state index contributed by atoms with van der Waals surface area (Å²) in [6, 6.07) is 13.7. The molecule has 1 N–H and O–H groups in total. The number of esters is 1. The van der Waals surface area contributed by atoms with Gasteiger partial charge in [0.05, 0.1) is 19.3 Å². The maximum absolute atomic E-state index is 11.7. The Labute approximate surface area is 127 Å². The number of ether oxygens (including phenoxy) is 2. The molecule has 1 aliphatic rings. The van der Waals surface area contributed by atoms with Crippen molar-refractivity contribution in [3.63, 3.8) is 0 Å². The predicted octanol–water partition coefficient (Wildman–Crippen LogP) is 3.57. The number of rotatable bonds is 2. The molecule has 0 amide bonds. The number of carbonyl (C=O) groups is 1. The second-order valence-electron chi connectivity index (χ2n) is 5.39. The van der Waals surface area contributed by atoms with E-state index >= 15 is 0 Å². The first kappa shape index (κ1) is 13.1. The second kappa shape index (κ2) is 5.00. The second-order valence-corrected chi connectivity index (χ2v) is 5.39. The third kappa shape index (κ3) is 1.92. The average molecular weight is 293 g/mol. The number of hydrogen-bond acceptors (Lipinski definition) is 3. The van der Waals surface area contributed by atoms with E-state index in [9.17, 15) is 4.79 Å². The number of hydrogen-bond donors (Lipinski definition) is 1. The topological polar surface area (TPSA) is 51.3 Å². The zero-order valence-electron chi connectivity index (χ0n) is 12.1. The molecule has 2 heterocycles. The molecule has 3 aromatic rings. The first-order valence-corrected chi connectivity index (χ1v) is 7.16. The Hall–Kier alpha value is -2.59. The smallest absolute Gasteiger partial charge is 0.337 e. The number of fused-ring (bicyclic) bond motifs is 2. The van der Waals surface area contributed by atoms with E-state index in [2.05, 4.69) is 17.1 Å². The van der Waals surface area contributed by atoms with Crippen molar-refractivity contribution in [2.24, 2.45) is 0 Å². The molecule has 1 aromatic heterocycles. The van der Waals surface area contributed by atoms with E-state index in [0.717, 1.165) is 16.5 Å². The minimum Gasteiger partial charge on any atom is -0.465 e. The minimum absolute atomic E-state index is 0.0992. The Morgan fingerprint density at radius 2 is 2.09 bits per heavy atom. The molecule has 1 atom stereocenters. The summed E-state index contributed by atoms with van der Waals surface area (Å²) in [5.41, 5.74) is 4.97. The van der Waals surface area contributed by atoms with Crippen LogP contribution in [0, 0.1) is 0 Å². The molecular formula is C18H15NO3. The van der Waals surface area contributed by atoms with Gasteiger partial charge < -0.3 is 14.5 Å². The fourth-order valence-corrected chi connectivity index (χ4v) is 3.05. The fourth-order valence-electron chi connectivity index (χ4n) is 3.05. The van der Waals surface area contributed by atoms with E-state index in [1.165, 1.54) is 18.2 Å². The lowest BCUT2D eigenvalue weighted by Gasteiger charge is -2.10. The molecule has 1 unspecified atom stereocenters. The Bertz CT molecular complexity index is 866. The summed E-state index contributed by atoms with van der Waals surface area (Å²) >= 11 is 0. The first-order chi connectivity index (χ1) is 10.8. The van der Waals surface area contributed by atoms with Gasteiger partial charge in [0.25, 0.3) is 0 Å². The molecular weight excluding hydrogens is 278 g/mol. The predicted molar refractivity (Wildman–Crippen MR) is 82.7 cm³/mol. The molecule has 1 aliphatic heterocycles. The monoisotopic (exact) mass is 293 g/mol. The lowest BCUT2D eigenvalue weighted by Crippen LogP contribution is -2.01. The highest BCUT2D eigenvalue weighted by atomic mass is 16.5. The molecule has 0 spiro atoms. The van der Waals surface area contributed by atoms with Crippen molar-refractivity contribution < 1.29 is 14.3 Å². The van der Waals surface area contributed by atoms with Crippen molar-refractivity contribution in [1.82, 2.24) is 4.98 Å². The fraction of sp³-hybridized carbons (Fsp3) is 0.167. The quantitative estimate of drug-likeness (QED) is 0.735. The van der Waals surface area contributed by atoms with E-state index in [4.69, 9.17) is 9.47 Å². The molecule has 0 bridgehead atoms. The summed E-state index contributed by atoms with van der Waals surface area (Å²) in [6.45, 7) is 0.615. The number of aromatic nitrogens is 1. The standard InChI is InChI=1S/C18H15NO3/c1-21-18(20)11-6-7-16-14(8-11)15(9-19-16)17-13-5-3-2-4-12(13)10-22-17/h2-9,17,19H,10H2,1H3. The lowest BCUT2D eigenvalue weighted by atomic mass is 9.98. The molecule has 0 radical (unpaired) electrons. The molecule has 22 heavy (non-hydrogen) atoms. The van der Waals surface area contributed by atoms with Crippen molar-refractivity contribution in [2.75, 3.05) is 7.11 Å². The van der Waals surface area contributed by atoms with Gasteiger partial charge in [0.1, 0.15) is 6.10 Å². The summed E-state index contributed by atoms with van der Waals surface area (Å²) in [5, 5.41) is 0.990. The van der Waals surface area contributed by atoms with Crippen LogP contribution < -0.4 is 0 Å². The number of methoxy groups -OCH3 is 1. The van der Waals surface area contributed by atoms with Crippen LogP contribution >= 0.6 is 0 Å². The normalized spacial score (nSPS) is 16.7. The van der Waals surface area contributed by atoms with Gasteiger partial charge >= 0.3 is 5.97 Å². The largest absolute Gasteiger partial charge is 0.465 e. The van der Waals surface area contributed by atoms with Gasteiger partial charge in [-0.3, -0.25) is 0 Å². The van der Waals surface area contributed by atoms with E-state index in [-0.39, 0.29) is 12.1 Å². The summed E-state index contributed by atoms with van der Waals surface area (Å²) in [5.74, 6) is -0.332. The summed E-state index contributed by atoms with van der Waals surface area (Å²) in [7, 11) is 1.39. The molecule has 4 rings (SSSR count). The highest BCUT2D eigenvalue weighted by molar-refractivity contribution is 5.95. The van der Waals surface area contributed by atoms with Crippen LogP contribution in [0.2, 0.25) is 0 Å². The number of benzene rings is 2. The van der Waals surface area contributed by atoms with Gasteiger partial charge in [-0.25, -0.2) is 4.79 Å². The van der Waals surface area contributed by atoms with Crippen molar-refractivity contribution in [1.29, 1.82) is 0 Å². The van der Waals surface area contributed by atoms with Gasteiger partial charge in [0.15, 0.2) is 0 Å². The van der Waals surface area contributed by atoms with Crippen molar-refractivity contribution in [3.05, 3.63) is 70.9 Å². The summed E-state index contributed by atoms with van der Waals surface area (Å²) in [4.78, 5) is 15.0. The molecule has 0 fully saturated rings. The molecule has 110 valence electrons. The van der Waals surface area contributed by atoms with Gasteiger partial charge in [-0.2, -0.15) is 0 Å². The average Bonchev–Trinajstić information content (AvgIpc) is 3.16. The highest BCUT2D eigenvalue weighted by Gasteiger charge is 2.26. The maximum atomic E-state index is 11.7. The van der Waals surface area contributed by atoms with Crippen LogP contribution in [-0.2, 0) is 16.1 Å². The molecule has 0 saturated heterocycles. The Morgan fingerprint density at radius 3 is 2.95 bits per heavy atom. The Morgan fingerprint density at radius 1 is 1.23 bits per heavy atom. The third-order valence-electron chi connectivity index (χ3n) is 4.16. The zero-order valence-corrected chi connectivity index (χ0v) is 12.1. The van der Waals surface area contributed by atoms with Crippen LogP contribution in [-0.4, -0.2) is 18.1 Å². The van der Waals surface area contributed by atoms with Gasteiger partial charge in [-0.15, -0.1) is 0 Å². The molecule has 2 aromatic carbocycles. The minimum atomic E-state index is -0.332. The van der Waals surface area contributed by atoms with Gasteiger partial charge in [0.2, 0.25) is 0 Å². The maximum Gasteiger partial charge on any atom is 0.337 e. The number of aromatic amines is 1. The van der Waals surface area contributed by atoms with Crippen LogP contribution in [0.5, 0.6) is 0 Å². The molecule has 4 heteroatoms. The van der Waals surface area contributed by atoms with Crippen molar-refractivity contribution >= 4 is 16.9 Å². The van der Waals surface area contributed by atoms with Crippen LogP contribution in [0.1, 0.15) is 33.2 Å². The van der Waals surface area contributed by atoms with E-state index in [1.807, 2.05) is 30.5 Å². The van der Waals surface area contributed by atoms with Gasteiger partial charge in [-0.1, -0.05) is 24.3 Å². The molecule has 0 aliphatic carbocycles. The molecule has 4 nitrogen and oxygen atoms in total. The van der Waals surface area contributed by atoms with Crippen LogP contribution in [0.3, 0.4) is 0 Å². The van der Waals surface area contributed by atoms with Crippen molar-refractivity contribution in [2.45, 2.75) is 12.7 Å². The third-order valence-corrected chi connectivity index (χ3v) is 4.16. The van der Waals surface area contributed by atoms with Crippen molar-refractivity contribution in [3.8, 4) is 0 Å². The highest BCUT2D eigenvalue weighted by Crippen LogP contribution is 2.38. The van der Waals surface area contributed by atoms with E-state index in [1.54, 1.807) is 6.07 Å². The Kier molecular flexibility index (Phi) is 2.98. The number of H-pyrrole nitrogens is 1. The summed E-state index contributed by atoms with van der Waals surface area (Å²) in [6.07, 6.45) is 1.86.